The van der Waals surface area contributed by atoms with E-state index in [1.807, 2.05) is 55.5 Å². The van der Waals surface area contributed by atoms with Crippen LogP contribution >= 0.6 is 38.9 Å². The van der Waals surface area contributed by atoms with E-state index in [-0.39, 0.29) is 17.7 Å². The first-order valence-corrected chi connectivity index (χ1v) is 15.9. The smallest absolute Gasteiger partial charge is 0.338 e. The first kappa shape index (κ1) is 31.6. The van der Waals surface area contributed by atoms with E-state index in [0.29, 0.717) is 60.6 Å². The highest BCUT2D eigenvalue weighted by molar-refractivity contribution is 9.10. The van der Waals surface area contributed by atoms with Gasteiger partial charge >= 0.3 is 5.97 Å². The van der Waals surface area contributed by atoms with Gasteiger partial charge in [-0.15, -0.1) is 0 Å². The van der Waals surface area contributed by atoms with E-state index in [9.17, 15) is 9.59 Å². The van der Waals surface area contributed by atoms with Gasteiger partial charge < -0.3 is 18.9 Å². The van der Waals surface area contributed by atoms with Gasteiger partial charge in [0.2, 0.25) is 0 Å². The van der Waals surface area contributed by atoms with Crippen LogP contribution in [0.4, 0.5) is 0 Å². The molecule has 0 spiro atoms. The molecule has 0 unspecified atom stereocenters. The van der Waals surface area contributed by atoms with Gasteiger partial charge in [-0.05, 0) is 68.3 Å². The van der Waals surface area contributed by atoms with Gasteiger partial charge in [0.15, 0.2) is 16.3 Å². The topological polar surface area (TPSA) is 88.4 Å². The van der Waals surface area contributed by atoms with Crippen LogP contribution in [0.1, 0.15) is 43.5 Å². The van der Waals surface area contributed by atoms with E-state index >= 15 is 0 Å². The van der Waals surface area contributed by atoms with E-state index in [4.69, 9.17) is 30.5 Å². The monoisotopic (exact) mass is 696 g/mol. The fourth-order valence-electron chi connectivity index (χ4n) is 4.93. The lowest BCUT2D eigenvalue weighted by Crippen LogP contribution is -2.40. The van der Waals surface area contributed by atoms with Gasteiger partial charge in [0, 0.05) is 15.1 Å². The summed E-state index contributed by atoms with van der Waals surface area (Å²) in [5.41, 5.74) is 2.69. The number of thiazole rings is 1. The molecule has 4 aromatic rings. The average molecular weight is 698 g/mol. The molecule has 5 rings (SSSR count). The van der Waals surface area contributed by atoms with Crippen LogP contribution < -0.4 is 29.1 Å². The predicted octanol–water partition coefficient (Wildman–Crippen LogP) is 6.20. The average Bonchev–Trinajstić information content (AvgIpc) is 3.30. The second-order valence-corrected chi connectivity index (χ2v) is 12.0. The van der Waals surface area contributed by atoms with Crippen LogP contribution in [-0.4, -0.2) is 30.9 Å². The number of ether oxygens (including phenoxy) is 4. The van der Waals surface area contributed by atoms with Gasteiger partial charge in [-0.2, -0.15) is 0 Å². The molecule has 1 atom stereocenters. The maximum Gasteiger partial charge on any atom is 0.338 e. The number of benzene rings is 3. The lowest BCUT2D eigenvalue weighted by molar-refractivity contribution is -0.139. The molecule has 1 aliphatic heterocycles. The summed E-state index contributed by atoms with van der Waals surface area (Å²) in [4.78, 5) is 32.7. The van der Waals surface area contributed by atoms with Gasteiger partial charge in [-0.1, -0.05) is 69.2 Å². The van der Waals surface area contributed by atoms with Gasteiger partial charge in [0.25, 0.3) is 5.56 Å². The van der Waals surface area contributed by atoms with Crippen LogP contribution in [0.2, 0.25) is 5.02 Å². The zero-order valence-electron chi connectivity index (χ0n) is 24.6. The van der Waals surface area contributed by atoms with E-state index in [0.717, 1.165) is 11.1 Å². The zero-order chi connectivity index (χ0) is 31.4. The number of carbonyl (C=O) groups is 1. The molecule has 0 radical (unpaired) electrons. The minimum Gasteiger partial charge on any atom is -0.493 e. The largest absolute Gasteiger partial charge is 0.493 e. The lowest BCUT2D eigenvalue weighted by atomic mass is 9.95. The first-order valence-electron chi connectivity index (χ1n) is 13.9. The Morgan fingerprint density at radius 3 is 2.57 bits per heavy atom. The maximum atomic E-state index is 14.2. The van der Waals surface area contributed by atoms with Crippen LogP contribution in [0, 0.1) is 0 Å². The highest BCUT2D eigenvalue weighted by Gasteiger charge is 2.35. The Hall–Kier alpha value is -3.86. The minimum absolute atomic E-state index is 0.173. The number of aromatic nitrogens is 1. The fraction of sp³-hybridized carbons (Fsp3) is 0.242. The Morgan fingerprint density at radius 2 is 1.84 bits per heavy atom. The molecule has 8 nitrogen and oxygen atoms in total. The number of halogens is 2. The second kappa shape index (κ2) is 13.8. The Kier molecular flexibility index (Phi) is 9.93. The third kappa shape index (κ3) is 6.47. The molecule has 0 saturated heterocycles. The van der Waals surface area contributed by atoms with E-state index in [1.165, 1.54) is 15.9 Å². The highest BCUT2D eigenvalue weighted by Crippen LogP contribution is 2.41. The molecule has 0 amide bonds. The molecule has 3 aromatic carbocycles. The van der Waals surface area contributed by atoms with Crippen molar-refractivity contribution >= 4 is 50.9 Å². The Bertz CT molecular complexity index is 1930. The maximum absolute atomic E-state index is 14.2. The van der Waals surface area contributed by atoms with Gasteiger partial charge in [0.1, 0.15) is 12.4 Å². The third-order valence-electron chi connectivity index (χ3n) is 6.88. The lowest BCUT2D eigenvalue weighted by Gasteiger charge is -2.26. The quantitative estimate of drug-likeness (QED) is 0.184. The normalized spacial score (nSPS) is 14.6. The van der Waals surface area contributed by atoms with Crippen LogP contribution in [0.15, 0.2) is 86.2 Å². The molecule has 0 aliphatic carbocycles. The SMILES string of the molecule is CCOC(=O)C1=C(C)N=c2s/c(=C/c3ccccc3OCc3cccc(Cl)c3)c(=O)n2[C@@H]1c1cc(OC)c(OCC)cc1Br. The van der Waals surface area contributed by atoms with Crippen molar-refractivity contribution in [3.05, 3.63) is 118 Å². The van der Waals surface area contributed by atoms with Crippen molar-refractivity contribution in [3.63, 3.8) is 0 Å². The highest BCUT2D eigenvalue weighted by atomic mass is 79.9. The minimum atomic E-state index is -0.833. The van der Waals surface area contributed by atoms with Crippen LogP contribution in [-0.2, 0) is 16.1 Å². The number of carbonyl (C=O) groups excluding carboxylic acids is 1. The molecule has 1 aliphatic rings. The predicted molar refractivity (Wildman–Crippen MR) is 174 cm³/mol. The van der Waals surface area contributed by atoms with Crippen molar-refractivity contribution in [2.24, 2.45) is 4.99 Å². The zero-order valence-corrected chi connectivity index (χ0v) is 27.7. The summed E-state index contributed by atoms with van der Waals surface area (Å²) in [6, 6.07) is 17.7. The van der Waals surface area contributed by atoms with Crippen LogP contribution in [0.25, 0.3) is 6.08 Å². The van der Waals surface area contributed by atoms with Crippen LogP contribution in [0.3, 0.4) is 0 Å². The van der Waals surface area contributed by atoms with Gasteiger partial charge in [0.05, 0.1) is 42.2 Å². The standard InChI is InChI=1S/C33H30BrClN2O6S/c1-5-41-27-17-24(34)23(16-26(27)40-4)30-29(32(39)42-6-2)19(3)36-33-37(30)31(38)28(44-33)15-21-11-7-8-13-25(21)43-18-20-10-9-12-22(35)14-20/h7-17,30H,5-6,18H2,1-4H3/b28-15+/t30-/m1/s1. The van der Waals surface area contributed by atoms with Gasteiger partial charge in [-0.3, -0.25) is 9.36 Å². The van der Waals surface area contributed by atoms with Crippen molar-refractivity contribution in [3.8, 4) is 17.2 Å². The number of allylic oxidation sites excluding steroid dienone is 1. The molecule has 0 bridgehead atoms. The second-order valence-electron chi connectivity index (χ2n) is 9.72. The number of fused-ring (bicyclic) bond motifs is 1. The molecule has 228 valence electrons. The molecule has 0 N–H and O–H groups in total. The summed E-state index contributed by atoms with van der Waals surface area (Å²) in [7, 11) is 1.54. The van der Waals surface area contributed by atoms with Crippen molar-refractivity contribution in [2.45, 2.75) is 33.4 Å². The molecule has 2 heterocycles. The Labute approximate surface area is 272 Å². The Balaban J connectivity index is 1.65. The number of hydrogen-bond donors (Lipinski definition) is 0. The number of rotatable bonds is 10. The van der Waals surface area contributed by atoms with E-state index in [1.54, 1.807) is 39.2 Å². The molecule has 0 saturated carbocycles. The molecule has 1 aromatic heterocycles. The summed E-state index contributed by atoms with van der Waals surface area (Å²) >= 11 is 11.0. The van der Waals surface area contributed by atoms with E-state index < -0.39 is 12.0 Å². The molecular formula is C33H30BrClN2O6S. The number of para-hydroxylation sites is 1. The molecule has 0 fully saturated rings. The van der Waals surface area contributed by atoms with Crippen molar-refractivity contribution in [1.29, 1.82) is 0 Å². The van der Waals surface area contributed by atoms with Crippen molar-refractivity contribution in [2.75, 3.05) is 20.3 Å². The summed E-state index contributed by atoms with van der Waals surface area (Å²) in [5.74, 6) is 1.06. The van der Waals surface area contributed by atoms with E-state index in [2.05, 4.69) is 20.9 Å². The fourth-order valence-corrected chi connectivity index (χ4v) is 6.72. The van der Waals surface area contributed by atoms with Crippen molar-refractivity contribution < 1.29 is 23.7 Å². The first-order chi connectivity index (χ1) is 21.2. The summed E-state index contributed by atoms with van der Waals surface area (Å²) < 4.78 is 25.5. The molecular weight excluding hydrogens is 668 g/mol. The van der Waals surface area contributed by atoms with Crippen molar-refractivity contribution in [1.82, 2.24) is 4.57 Å². The number of methoxy groups -OCH3 is 1. The number of esters is 1. The summed E-state index contributed by atoms with van der Waals surface area (Å²) in [5, 5.41) is 0.629. The molecule has 44 heavy (non-hydrogen) atoms. The third-order valence-corrected chi connectivity index (χ3v) is 8.79. The summed E-state index contributed by atoms with van der Waals surface area (Å²) in [6.07, 6.45) is 1.78. The Morgan fingerprint density at radius 1 is 1.05 bits per heavy atom. The van der Waals surface area contributed by atoms with Gasteiger partial charge in [-0.25, -0.2) is 9.79 Å². The van der Waals surface area contributed by atoms with Crippen LogP contribution in [0.5, 0.6) is 17.2 Å². The summed E-state index contributed by atoms with van der Waals surface area (Å²) in [6.45, 7) is 6.28. The molecule has 11 heteroatoms. The number of hydrogen-bond acceptors (Lipinski definition) is 8. The number of nitrogens with zero attached hydrogens (tertiary/aromatic N) is 2.